The van der Waals surface area contributed by atoms with Crippen LogP contribution in [0.3, 0.4) is 0 Å². The lowest BCUT2D eigenvalue weighted by Gasteiger charge is -2.09. The number of hydrogen-bond acceptors (Lipinski definition) is 5. The lowest BCUT2D eigenvalue weighted by molar-refractivity contribution is 0.103. The Bertz CT molecular complexity index is 1500. The molecular weight excluding hydrogens is 435 g/mol. The standard InChI is InChI=1S/C25H17FN6O2/c26-18-6-8-19(9-7-18)29-25(34)30-20-4-1-3-16(13-20)24(33)17-5-10-21-22(14-17)31-23(15-27-21)32-12-2-11-28-32/h1-15H,(H2,29,30,34). The number of halogens is 1. The number of carbonyl (C=O) groups is 2. The second-order valence-corrected chi connectivity index (χ2v) is 7.38. The van der Waals surface area contributed by atoms with Gasteiger partial charge in [-0.3, -0.25) is 9.78 Å². The third kappa shape index (κ3) is 4.49. The molecule has 3 aromatic carbocycles. The SMILES string of the molecule is O=C(Nc1ccc(F)cc1)Nc1cccc(C(=O)c2ccc3ncc(-n4cccn4)nc3c2)c1. The molecule has 34 heavy (non-hydrogen) atoms. The quantitative estimate of drug-likeness (QED) is 0.372. The zero-order chi connectivity index (χ0) is 23.5. The van der Waals surface area contributed by atoms with Crippen molar-refractivity contribution in [3.63, 3.8) is 0 Å². The highest BCUT2D eigenvalue weighted by atomic mass is 19.1. The van der Waals surface area contributed by atoms with Gasteiger partial charge < -0.3 is 10.6 Å². The first-order valence-corrected chi connectivity index (χ1v) is 10.3. The molecule has 2 amide bonds. The van der Waals surface area contributed by atoms with E-state index in [1.165, 1.54) is 24.3 Å². The average molecular weight is 452 g/mol. The van der Waals surface area contributed by atoms with Crippen LogP contribution in [0.15, 0.2) is 91.4 Å². The number of nitrogens with one attached hydrogen (secondary N) is 2. The van der Waals surface area contributed by atoms with E-state index in [0.717, 1.165) is 0 Å². The predicted octanol–water partition coefficient (Wildman–Crippen LogP) is 4.83. The van der Waals surface area contributed by atoms with Gasteiger partial charge in [0.25, 0.3) is 0 Å². The summed E-state index contributed by atoms with van der Waals surface area (Å²) in [5.41, 5.74) is 2.93. The first-order chi connectivity index (χ1) is 16.5. The van der Waals surface area contributed by atoms with Gasteiger partial charge in [0, 0.05) is 34.9 Å². The molecule has 0 aliphatic carbocycles. The largest absolute Gasteiger partial charge is 0.323 e. The molecule has 0 radical (unpaired) electrons. The van der Waals surface area contributed by atoms with Crippen molar-refractivity contribution in [3.05, 3.63) is 108 Å². The number of ketones is 1. The van der Waals surface area contributed by atoms with Crippen molar-refractivity contribution in [2.75, 3.05) is 10.6 Å². The van der Waals surface area contributed by atoms with Crippen LogP contribution in [0.4, 0.5) is 20.6 Å². The van der Waals surface area contributed by atoms with Crippen molar-refractivity contribution in [3.8, 4) is 5.82 Å². The second-order valence-electron chi connectivity index (χ2n) is 7.38. The Labute approximate surface area is 193 Å². The molecule has 0 saturated heterocycles. The van der Waals surface area contributed by atoms with Crippen LogP contribution in [0.5, 0.6) is 0 Å². The van der Waals surface area contributed by atoms with E-state index < -0.39 is 11.8 Å². The van der Waals surface area contributed by atoms with E-state index >= 15 is 0 Å². The van der Waals surface area contributed by atoms with E-state index in [0.29, 0.717) is 39.4 Å². The molecule has 0 spiro atoms. The monoisotopic (exact) mass is 452 g/mol. The summed E-state index contributed by atoms with van der Waals surface area (Å²) in [6.45, 7) is 0. The smallest absolute Gasteiger partial charge is 0.308 e. The van der Waals surface area contributed by atoms with Gasteiger partial charge in [0.15, 0.2) is 11.6 Å². The Kier molecular flexibility index (Phi) is 5.49. The highest BCUT2D eigenvalue weighted by Crippen LogP contribution is 2.19. The van der Waals surface area contributed by atoms with Gasteiger partial charge >= 0.3 is 6.03 Å². The Morgan fingerprint density at radius 1 is 0.824 bits per heavy atom. The number of amides is 2. The van der Waals surface area contributed by atoms with Crippen molar-refractivity contribution in [1.82, 2.24) is 19.7 Å². The van der Waals surface area contributed by atoms with E-state index in [4.69, 9.17) is 0 Å². The summed E-state index contributed by atoms with van der Waals surface area (Å²) >= 11 is 0. The highest BCUT2D eigenvalue weighted by molar-refractivity contribution is 6.11. The molecule has 2 heterocycles. The average Bonchev–Trinajstić information content (AvgIpc) is 3.39. The van der Waals surface area contributed by atoms with Gasteiger partial charge in [0.05, 0.1) is 17.2 Å². The fourth-order valence-electron chi connectivity index (χ4n) is 3.39. The normalized spacial score (nSPS) is 10.7. The van der Waals surface area contributed by atoms with Crippen molar-refractivity contribution >= 4 is 34.2 Å². The van der Waals surface area contributed by atoms with Gasteiger partial charge in [-0.05, 0) is 60.7 Å². The van der Waals surface area contributed by atoms with Crippen LogP contribution in [-0.4, -0.2) is 31.6 Å². The molecule has 0 atom stereocenters. The van der Waals surface area contributed by atoms with Crippen molar-refractivity contribution in [2.24, 2.45) is 0 Å². The van der Waals surface area contributed by atoms with Crippen LogP contribution in [0.2, 0.25) is 0 Å². The molecule has 8 nitrogen and oxygen atoms in total. The third-order valence-electron chi connectivity index (χ3n) is 5.02. The van der Waals surface area contributed by atoms with E-state index in [1.807, 2.05) is 0 Å². The van der Waals surface area contributed by atoms with Crippen LogP contribution >= 0.6 is 0 Å². The fourth-order valence-corrected chi connectivity index (χ4v) is 3.39. The number of urea groups is 1. The first kappa shape index (κ1) is 21.0. The number of nitrogens with zero attached hydrogens (tertiary/aromatic N) is 4. The maximum absolute atomic E-state index is 13.1. The van der Waals surface area contributed by atoms with Crippen LogP contribution in [0, 0.1) is 5.82 Å². The molecule has 0 aliphatic heterocycles. The van der Waals surface area contributed by atoms with Gasteiger partial charge in [-0.1, -0.05) is 12.1 Å². The molecule has 0 aliphatic rings. The summed E-state index contributed by atoms with van der Waals surface area (Å²) in [5, 5.41) is 9.44. The molecule has 0 saturated carbocycles. The Morgan fingerprint density at radius 2 is 1.62 bits per heavy atom. The maximum atomic E-state index is 13.1. The van der Waals surface area contributed by atoms with E-state index in [2.05, 4.69) is 25.7 Å². The lowest BCUT2D eigenvalue weighted by Crippen LogP contribution is -2.19. The number of fused-ring (bicyclic) bond motifs is 1. The first-order valence-electron chi connectivity index (χ1n) is 10.3. The summed E-state index contributed by atoms with van der Waals surface area (Å²) in [7, 11) is 0. The number of carbonyl (C=O) groups excluding carboxylic acids is 2. The highest BCUT2D eigenvalue weighted by Gasteiger charge is 2.13. The third-order valence-corrected chi connectivity index (χ3v) is 5.02. The number of hydrogen-bond donors (Lipinski definition) is 2. The number of anilines is 2. The molecule has 9 heteroatoms. The minimum absolute atomic E-state index is 0.226. The number of aromatic nitrogens is 4. The van der Waals surface area contributed by atoms with E-state index in [9.17, 15) is 14.0 Å². The molecule has 2 N–H and O–H groups in total. The van der Waals surface area contributed by atoms with Gasteiger partial charge in [-0.2, -0.15) is 5.10 Å². The van der Waals surface area contributed by atoms with Crippen LogP contribution in [0.1, 0.15) is 15.9 Å². The van der Waals surface area contributed by atoms with Gasteiger partial charge in [-0.15, -0.1) is 0 Å². The Morgan fingerprint density at radius 3 is 2.41 bits per heavy atom. The molecule has 2 aromatic heterocycles. The van der Waals surface area contributed by atoms with Crippen LogP contribution in [-0.2, 0) is 0 Å². The zero-order valence-electron chi connectivity index (χ0n) is 17.6. The van der Waals surface area contributed by atoms with Crippen LogP contribution in [0.25, 0.3) is 16.9 Å². The van der Waals surface area contributed by atoms with Crippen molar-refractivity contribution in [1.29, 1.82) is 0 Å². The summed E-state index contributed by atoms with van der Waals surface area (Å²) < 4.78 is 14.6. The minimum atomic E-state index is -0.511. The molecular formula is C25H17FN6O2. The fraction of sp³-hybridized carbons (Fsp3) is 0. The number of benzene rings is 3. The summed E-state index contributed by atoms with van der Waals surface area (Å²) in [6.07, 6.45) is 5.02. The van der Waals surface area contributed by atoms with Crippen LogP contribution < -0.4 is 10.6 Å². The molecule has 0 unspecified atom stereocenters. The van der Waals surface area contributed by atoms with Crippen molar-refractivity contribution in [2.45, 2.75) is 0 Å². The maximum Gasteiger partial charge on any atom is 0.323 e. The number of rotatable bonds is 5. The van der Waals surface area contributed by atoms with Gasteiger partial charge in [0.2, 0.25) is 0 Å². The van der Waals surface area contributed by atoms with Crippen molar-refractivity contribution < 1.29 is 14.0 Å². The van der Waals surface area contributed by atoms with E-state index in [1.54, 1.807) is 71.8 Å². The Balaban J connectivity index is 1.35. The van der Waals surface area contributed by atoms with Gasteiger partial charge in [0.1, 0.15) is 5.82 Å². The predicted molar refractivity (Wildman–Crippen MR) is 126 cm³/mol. The molecule has 5 rings (SSSR count). The Hall–Kier alpha value is -4.92. The topological polar surface area (TPSA) is 102 Å². The summed E-state index contributed by atoms with van der Waals surface area (Å²) in [6, 6.07) is 18.4. The minimum Gasteiger partial charge on any atom is -0.308 e. The zero-order valence-corrected chi connectivity index (χ0v) is 17.6. The second kappa shape index (κ2) is 8.91. The summed E-state index contributed by atoms with van der Waals surface area (Å²) in [5.74, 6) is -0.0781. The molecule has 0 fully saturated rings. The van der Waals surface area contributed by atoms with Gasteiger partial charge in [-0.25, -0.2) is 18.9 Å². The summed E-state index contributed by atoms with van der Waals surface area (Å²) in [4.78, 5) is 34.3. The lowest BCUT2D eigenvalue weighted by atomic mass is 10.0. The molecule has 5 aromatic rings. The van der Waals surface area contributed by atoms with E-state index in [-0.39, 0.29) is 5.78 Å². The molecule has 166 valence electrons. The molecule has 0 bridgehead atoms.